The summed E-state index contributed by atoms with van der Waals surface area (Å²) in [7, 11) is 1.69. The maximum absolute atomic E-state index is 12.0. The Bertz CT molecular complexity index is 440. The molecule has 1 aliphatic rings. The Morgan fingerprint density at radius 1 is 1.45 bits per heavy atom. The Morgan fingerprint density at radius 3 is 2.90 bits per heavy atom. The monoisotopic (exact) mass is 298 g/mol. The van der Waals surface area contributed by atoms with Gasteiger partial charge in [-0.3, -0.25) is 4.79 Å². The number of carbonyl (C=O) groups is 1. The van der Waals surface area contributed by atoms with Crippen molar-refractivity contribution >= 4 is 18.3 Å². The number of nitrogens with two attached hydrogens (primary N) is 1. The number of hydrogen-bond acceptors (Lipinski definition) is 3. The van der Waals surface area contributed by atoms with E-state index in [9.17, 15) is 4.79 Å². The molecule has 0 saturated carbocycles. The molecule has 1 saturated heterocycles. The van der Waals surface area contributed by atoms with Gasteiger partial charge in [-0.1, -0.05) is 18.2 Å². The SMILES string of the molecule is COc1ccccc1CC1CCCN1C(=O)CCN.Cl. The van der Waals surface area contributed by atoms with E-state index in [0.717, 1.165) is 31.6 Å². The van der Waals surface area contributed by atoms with E-state index in [1.807, 2.05) is 23.1 Å². The summed E-state index contributed by atoms with van der Waals surface area (Å²) in [6.45, 7) is 1.29. The van der Waals surface area contributed by atoms with Gasteiger partial charge in [0.05, 0.1) is 7.11 Å². The smallest absolute Gasteiger partial charge is 0.224 e. The number of likely N-dealkylation sites (tertiary alicyclic amines) is 1. The third-order valence-corrected chi connectivity index (χ3v) is 3.70. The van der Waals surface area contributed by atoms with Crippen molar-refractivity contribution in [1.29, 1.82) is 0 Å². The molecule has 0 spiro atoms. The Balaban J connectivity index is 0.00000200. The van der Waals surface area contributed by atoms with Crippen molar-refractivity contribution in [1.82, 2.24) is 4.90 Å². The number of nitrogens with zero attached hydrogens (tertiary/aromatic N) is 1. The highest BCUT2D eigenvalue weighted by molar-refractivity contribution is 5.85. The number of rotatable bonds is 5. The molecule has 2 rings (SSSR count). The molecule has 1 aromatic carbocycles. The molecule has 1 aliphatic heterocycles. The molecule has 20 heavy (non-hydrogen) atoms. The van der Waals surface area contributed by atoms with E-state index < -0.39 is 0 Å². The minimum Gasteiger partial charge on any atom is -0.496 e. The number of benzene rings is 1. The molecule has 1 unspecified atom stereocenters. The third kappa shape index (κ3) is 3.87. The van der Waals surface area contributed by atoms with Crippen molar-refractivity contribution in [3.05, 3.63) is 29.8 Å². The van der Waals surface area contributed by atoms with Crippen LogP contribution >= 0.6 is 12.4 Å². The predicted molar refractivity (Wildman–Crippen MR) is 82.4 cm³/mol. The van der Waals surface area contributed by atoms with E-state index in [-0.39, 0.29) is 24.4 Å². The zero-order chi connectivity index (χ0) is 13.7. The van der Waals surface area contributed by atoms with Crippen LogP contribution < -0.4 is 10.5 Å². The molecule has 0 radical (unpaired) electrons. The van der Waals surface area contributed by atoms with E-state index in [1.165, 1.54) is 5.56 Å². The summed E-state index contributed by atoms with van der Waals surface area (Å²) in [6.07, 6.45) is 3.45. The topological polar surface area (TPSA) is 55.6 Å². The van der Waals surface area contributed by atoms with Gasteiger partial charge in [-0.15, -0.1) is 12.4 Å². The second kappa shape index (κ2) is 8.12. The summed E-state index contributed by atoms with van der Waals surface area (Å²) >= 11 is 0. The molecule has 0 aliphatic carbocycles. The van der Waals surface area contributed by atoms with Gasteiger partial charge in [0.2, 0.25) is 5.91 Å². The van der Waals surface area contributed by atoms with Gasteiger partial charge in [-0.05, 0) is 30.9 Å². The number of ether oxygens (including phenoxy) is 1. The number of hydrogen-bond donors (Lipinski definition) is 1. The van der Waals surface area contributed by atoms with Gasteiger partial charge in [-0.2, -0.15) is 0 Å². The lowest BCUT2D eigenvalue weighted by molar-refractivity contribution is -0.131. The molecule has 0 bridgehead atoms. The Hall–Kier alpha value is -1.26. The van der Waals surface area contributed by atoms with Crippen molar-refractivity contribution in [2.24, 2.45) is 5.73 Å². The van der Waals surface area contributed by atoms with Crippen LogP contribution in [0.1, 0.15) is 24.8 Å². The van der Waals surface area contributed by atoms with Crippen LogP contribution in [0.15, 0.2) is 24.3 Å². The fourth-order valence-corrected chi connectivity index (χ4v) is 2.77. The zero-order valence-electron chi connectivity index (χ0n) is 11.9. The highest BCUT2D eigenvalue weighted by Crippen LogP contribution is 2.26. The molecule has 1 heterocycles. The summed E-state index contributed by atoms with van der Waals surface area (Å²) < 4.78 is 5.38. The fraction of sp³-hybridized carbons (Fsp3) is 0.533. The molecule has 1 aromatic rings. The molecule has 112 valence electrons. The van der Waals surface area contributed by atoms with E-state index in [1.54, 1.807) is 7.11 Å². The maximum atomic E-state index is 12.0. The minimum atomic E-state index is 0. The molecule has 1 fully saturated rings. The number of halogens is 1. The lowest BCUT2D eigenvalue weighted by atomic mass is 10.0. The predicted octanol–water partition coefficient (Wildman–Crippen LogP) is 2.00. The molecule has 4 nitrogen and oxygen atoms in total. The van der Waals surface area contributed by atoms with Crippen molar-refractivity contribution in [2.75, 3.05) is 20.2 Å². The summed E-state index contributed by atoms with van der Waals surface area (Å²) in [6, 6.07) is 8.31. The van der Waals surface area contributed by atoms with Gasteiger partial charge in [-0.25, -0.2) is 0 Å². The van der Waals surface area contributed by atoms with Gasteiger partial charge < -0.3 is 15.4 Å². The van der Waals surface area contributed by atoms with Gasteiger partial charge in [0, 0.05) is 25.6 Å². The largest absolute Gasteiger partial charge is 0.496 e. The van der Waals surface area contributed by atoms with Gasteiger partial charge in [0.15, 0.2) is 0 Å². The van der Waals surface area contributed by atoms with Gasteiger partial charge in [0.25, 0.3) is 0 Å². The number of methoxy groups -OCH3 is 1. The quantitative estimate of drug-likeness (QED) is 0.904. The fourth-order valence-electron chi connectivity index (χ4n) is 2.77. The Morgan fingerprint density at radius 2 is 2.20 bits per heavy atom. The van der Waals surface area contributed by atoms with Crippen molar-refractivity contribution in [3.63, 3.8) is 0 Å². The number of amides is 1. The van der Waals surface area contributed by atoms with Crippen molar-refractivity contribution in [3.8, 4) is 5.75 Å². The number of carbonyl (C=O) groups excluding carboxylic acids is 1. The van der Waals surface area contributed by atoms with Gasteiger partial charge in [0.1, 0.15) is 5.75 Å². The van der Waals surface area contributed by atoms with Crippen LogP contribution in [0.2, 0.25) is 0 Å². The molecule has 1 atom stereocenters. The first-order valence-electron chi connectivity index (χ1n) is 6.87. The van der Waals surface area contributed by atoms with Crippen molar-refractivity contribution in [2.45, 2.75) is 31.7 Å². The van der Waals surface area contributed by atoms with Gasteiger partial charge >= 0.3 is 0 Å². The minimum absolute atomic E-state index is 0. The van der Waals surface area contributed by atoms with Crippen LogP contribution in [0.3, 0.4) is 0 Å². The second-order valence-corrected chi connectivity index (χ2v) is 4.94. The average molecular weight is 299 g/mol. The average Bonchev–Trinajstić information content (AvgIpc) is 2.88. The van der Waals surface area contributed by atoms with Crippen LogP contribution in [0.4, 0.5) is 0 Å². The third-order valence-electron chi connectivity index (χ3n) is 3.70. The summed E-state index contributed by atoms with van der Waals surface area (Å²) in [5.74, 6) is 1.08. The van der Waals surface area contributed by atoms with E-state index >= 15 is 0 Å². The molecular formula is C15H23ClN2O2. The van der Waals surface area contributed by atoms with Crippen LogP contribution in [-0.2, 0) is 11.2 Å². The highest BCUT2D eigenvalue weighted by Gasteiger charge is 2.28. The Labute approximate surface area is 126 Å². The normalized spacial score (nSPS) is 17.7. The van der Waals surface area contributed by atoms with Crippen LogP contribution in [0.5, 0.6) is 5.75 Å². The lowest BCUT2D eigenvalue weighted by Gasteiger charge is -2.25. The summed E-state index contributed by atoms with van der Waals surface area (Å²) in [5, 5.41) is 0. The van der Waals surface area contributed by atoms with E-state index in [0.29, 0.717) is 13.0 Å². The zero-order valence-corrected chi connectivity index (χ0v) is 12.7. The maximum Gasteiger partial charge on any atom is 0.224 e. The molecule has 5 heteroatoms. The van der Waals surface area contributed by atoms with E-state index in [2.05, 4.69) is 6.07 Å². The van der Waals surface area contributed by atoms with Crippen LogP contribution in [-0.4, -0.2) is 37.0 Å². The lowest BCUT2D eigenvalue weighted by Crippen LogP contribution is -2.37. The molecular weight excluding hydrogens is 276 g/mol. The molecule has 2 N–H and O–H groups in total. The standard InChI is InChI=1S/C15H22N2O2.ClH/c1-19-14-7-3-2-5-12(14)11-13-6-4-10-17(13)15(18)8-9-16;/h2-3,5,7,13H,4,6,8-11,16H2,1H3;1H. The summed E-state index contributed by atoms with van der Waals surface area (Å²) in [5.41, 5.74) is 6.64. The van der Waals surface area contributed by atoms with Crippen molar-refractivity contribution < 1.29 is 9.53 Å². The first-order chi connectivity index (χ1) is 9.26. The molecule has 1 amide bonds. The Kier molecular flexibility index (Phi) is 6.82. The van der Waals surface area contributed by atoms with Crippen LogP contribution in [0.25, 0.3) is 0 Å². The summed E-state index contributed by atoms with van der Waals surface area (Å²) in [4.78, 5) is 14.0. The molecule has 0 aromatic heterocycles. The van der Waals surface area contributed by atoms with E-state index in [4.69, 9.17) is 10.5 Å². The first-order valence-corrected chi connectivity index (χ1v) is 6.87. The highest BCUT2D eigenvalue weighted by atomic mass is 35.5. The number of para-hydroxylation sites is 1. The first kappa shape index (κ1) is 16.8. The van der Waals surface area contributed by atoms with Crippen LogP contribution in [0, 0.1) is 0 Å². The second-order valence-electron chi connectivity index (χ2n) is 4.94.